The third-order valence-corrected chi connectivity index (χ3v) is 4.01. The molecule has 4 heteroatoms. The highest BCUT2D eigenvalue weighted by Gasteiger charge is 2.31. The molecule has 1 aromatic carbocycles. The van der Waals surface area contributed by atoms with Gasteiger partial charge in [0.1, 0.15) is 5.75 Å². The number of carbonyl (C=O) groups excluding carboxylic acids is 1. The topological polar surface area (TPSA) is 64.4 Å². The minimum Gasteiger partial charge on any atom is -0.493 e. The monoisotopic (exact) mass is 260 g/mol. The Morgan fingerprint density at radius 2 is 2.26 bits per heavy atom. The van der Waals surface area contributed by atoms with Crippen molar-refractivity contribution in [2.24, 2.45) is 11.7 Å². The third-order valence-electron chi connectivity index (χ3n) is 4.01. The maximum atomic E-state index is 11.8. The fourth-order valence-corrected chi connectivity index (χ4v) is 2.75. The second-order valence-electron chi connectivity index (χ2n) is 5.51. The van der Waals surface area contributed by atoms with Crippen molar-refractivity contribution in [3.8, 4) is 5.75 Å². The lowest BCUT2D eigenvalue weighted by Gasteiger charge is -2.31. The Morgan fingerprint density at radius 1 is 1.42 bits per heavy atom. The fourth-order valence-electron chi connectivity index (χ4n) is 2.75. The van der Waals surface area contributed by atoms with Gasteiger partial charge in [-0.15, -0.1) is 0 Å². The molecule has 0 saturated heterocycles. The fraction of sp³-hybridized carbons (Fsp3) is 0.533. The Balaban J connectivity index is 1.46. The molecule has 102 valence electrons. The lowest BCUT2D eigenvalue weighted by atomic mass is 9.80. The molecule has 1 aliphatic carbocycles. The lowest BCUT2D eigenvalue weighted by molar-refractivity contribution is -0.127. The predicted octanol–water partition coefficient (Wildman–Crippen LogP) is 1.02. The van der Waals surface area contributed by atoms with Crippen LogP contribution < -0.4 is 15.8 Å². The van der Waals surface area contributed by atoms with Crippen LogP contribution in [0.25, 0.3) is 0 Å². The molecule has 4 nitrogen and oxygen atoms in total. The molecule has 3 N–H and O–H groups in total. The summed E-state index contributed by atoms with van der Waals surface area (Å²) in [5.74, 6) is 1.31. The molecular formula is C15H20N2O2. The van der Waals surface area contributed by atoms with Crippen LogP contribution in [-0.4, -0.2) is 25.1 Å². The van der Waals surface area contributed by atoms with Crippen LogP contribution in [0.4, 0.5) is 0 Å². The first-order valence-corrected chi connectivity index (χ1v) is 7.00. The number of hydrogen-bond acceptors (Lipinski definition) is 3. The predicted molar refractivity (Wildman–Crippen MR) is 73.1 cm³/mol. The second kappa shape index (κ2) is 5.21. The SMILES string of the molecule is NC1CC(C(=O)NCCc2ccc3c(c2)CCO3)C1. The van der Waals surface area contributed by atoms with Crippen LogP contribution in [-0.2, 0) is 17.6 Å². The minimum absolute atomic E-state index is 0.142. The van der Waals surface area contributed by atoms with E-state index in [2.05, 4.69) is 17.4 Å². The van der Waals surface area contributed by atoms with Gasteiger partial charge in [-0.1, -0.05) is 12.1 Å². The molecule has 0 bridgehead atoms. The summed E-state index contributed by atoms with van der Waals surface area (Å²) in [5.41, 5.74) is 8.23. The van der Waals surface area contributed by atoms with Crippen molar-refractivity contribution >= 4 is 5.91 Å². The summed E-state index contributed by atoms with van der Waals surface area (Å²) in [6.07, 6.45) is 3.54. The van der Waals surface area contributed by atoms with Gasteiger partial charge in [-0.3, -0.25) is 4.79 Å². The first-order chi connectivity index (χ1) is 9.22. The van der Waals surface area contributed by atoms with Crippen LogP contribution in [0.5, 0.6) is 5.75 Å². The van der Waals surface area contributed by atoms with Gasteiger partial charge < -0.3 is 15.8 Å². The van der Waals surface area contributed by atoms with Gasteiger partial charge in [0, 0.05) is 24.9 Å². The Hall–Kier alpha value is -1.55. The summed E-state index contributed by atoms with van der Waals surface area (Å²) in [5, 5.41) is 3.00. The molecule has 1 fully saturated rings. The maximum Gasteiger partial charge on any atom is 0.223 e. The average Bonchev–Trinajstić information content (AvgIpc) is 2.82. The number of fused-ring (bicyclic) bond motifs is 1. The zero-order chi connectivity index (χ0) is 13.2. The van der Waals surface area contributed by atoms with Crippen molar-refractivity contribution in [3.05, 3.63) is 29.3 Å². The van der Waals surface area contributed by atoms with Crippen molar-refractivity contribution in [3.63, 3.8) is 0 Å². The van der Waals surface area contributed by atoms with Crippen LogP contribution in [0.1, 0.15) is 24.0 Å². The second-order valence-corrected chi connectivity index (χ2v) is 5.51. The molecule has 1 amide bonds. The number of nitrogens with two attached hydrogens (primary N) is 1. The standard InChI is InChI=1S/C15H20N2O2/c16-13-8-12(9-13)15(18)17-5-3-10-1-2-14-11(7-10)4-6-19-14/h1-2,7,12-13H,3-6,8-9,16H2,(H,17,18). The zero-order valence-corrected chi connectivity index (χ0v) is 11.0. The zero-order valence-electron chi connectivity index (χ0n) is 11.0. The van der Waals surface area contributed by atoms with Crippen LogP contribution in [0, 0.1) is 5.92 Å². The summed E-state index contributed by atoms with van der Waals surface area (Å²) in [6.45, 7) is 1.49. The molecule has 3 rings (SSSR count). The molecular weight excluding hydrogens is 240 g/mol. The Labute approximate surface area is 113 Å². The molecule has 19 heavy (non-hydrogen) atoms. The molecule has 0 aromatic heterocycles. The van der Waals surface area contributed by atoms with Gasteiger partial charge in [-0.05, 0) is 36.5 Å². The van der Waals surface area contributed by atoms with Gasteiger partial charge >= 0.3 is 0 Å². The maximum absolute atomic E-state index is 11.8. The number of benzene rings is 1. The van der Waals surface area contributed by atoms with Crippen LogP contribution in [0.3, 0.4) is 0 Å². The molecule has 1 saturated carbocycles. The number of ether oxygens (including phenoxy) is 1. The van der Waals surface area contributed by atoms with Crippen LogP contribution in [0.15, 0.2) is 18.2 Å². The number of rotatable bonds is 4. The Bertz CT molecular complexity index is 481. The van der Waals surface area contributed by atoms with Crippen molar-refractivity contribution in [1.82, 2.24) is 5.32 Å². The third kappa shape index (κ3) is 2.73. The largest absolute Gasteiger partial charge is 0.493 e. The number of hydrogen-bond donors (Lipinski definition) is 2. The smallest absolute Gasteiger partial charge is 0.223 e. The van der Waals surface area contributed by atoms with E-state index in [0.717, 1.165) is 38.0 Å². The van der Waals surface area contributed by atoms with Crippen molar-refractivity contribution in [2.45, 2.75) is 31.7 Å². The highest BCUT2D eigenvalue weighted by molar-refractivity contribution is 5.79. The van der Waals surface area contributed by atoms with Gasteiger partial charge in [0.15, 0.2) is 0 Å². The number of amides is 1. The first-order valence-electron chi connectivity index (χ1n) is 7.00. The van der Waals surface area contributed by atoms with E-state index in [1.165, 1.54) is 11.1 Å². The van der Waals surface area contributed by atoms with E-state index in [0.29, 0.717) is 6.54 Å². The van der Waals surface area contributed by atoms with E-state index in [4.69, 9.17) is 10.5 Å². The van der Waals surface area contributed by atoms with Crippen LogP contribution in [0.2, 0.25) is 0 Å². The molecule has 0 radical (unpaired) electrons. The summed E-state index contributed by atoms with van der Waals surface area (Å²) >= 11 is 0. The van der Waals surface area contributed by atoms with E-state index in [1.807, 2.05) is 6.07 Å². The molecule has 1 aromatic rings. The van der Waals surface area contributed by atoms with Crippen molar-refractivity contribution < 1.29 is 9.53 Å². The van der Waals surface area contributed by atoms with E-state index >= 15 is 0 Å². The molecule has 0 atom stereocenters. The number of carbonyl (C=O) groups is 1. The van der Waals surface area contributed by atoms with E-state index in [9.17, 15) is 4.79 Å². The van der Waals surface area contributed by atoms with Crippen molar-refractivity contribution in [2.75, 3.05) is 13.2 Å². The molecule has 2 aliphatic rings. The summed E-state index contributed by atoms with van der Waals surface area (Å²) in [7, 11) is 0. The van der Waals surface area contributed by atoms with Crippen LogP contribution >= 0.6 is 0 Å². The van der Waals surface area contributed by atoms with Gasteiger partial charge in [-0.2, -0.15) is 0 Å². The van der Waals surface area contributed by atoms with Gasteiger partial charge in [-0.25, -0.2) is 0 Å². The number of nitrogens with one attached hydrogen (secondary N) is 1. The molecule has 1 heterocycles. The van der Waals surface area contributed by atoms with Gasteiger partial charge in [0.05, 0.1) is 6.61 Å². The van der Waals surface area contributed by atoms with Crippen molar-refractivity contribution in [1.29, 1.82) is 0 Å². The minimum atomic E-state index is 0.142. The quantitative estimate of drug-likeness (QED) is 0.849. The Morgan fingerprint density at radius 3 is 3.05 bits per heavy atom. The van der Waals surface area contributed by atoms with E-state index < -0.39 is 0 Å². The average molecular weight is 260 g/mol. The van der Waals surface area contributed by atoms with E-state index in [-0.39, 0.29) is 17.9 Å². The molecule has 0 unspecified atom stereocenters. The first kappa shape index (κ1) is 12.5. The Kier molecular flexibility index (Phi) is 3.42. The normalized spacial score (nSPS) is 24.3. The summed E-state index contributed by atoms with van der Waals surface area (Å²) in [6, 6.07) is 6.53. The highest BCUT2D eigenvalue weighted by atomic mass is 16.5. The highest BCUT2D eigenvalue weighted by Crippen LogP contribution is 2.26. The molecule has 0 spiro atoms. The van der Waals surface area contributed by atoms with E-state index in [1.54, 1.807) is 0 Å². The van der Waals surface area contributed by atoms with Gasteiger partial charge in [0.2, 0.25) is 5.91 Å². The lowest BCUT2D eigenvalue weighted by Crippen LogP contribution is -2.45. The molecule has 1 aliphatic heterocycles. The summed E-state index contributed by atoms with van der Waals surface area (Å²) < 4.78 is 5.48. The summed E-state index contributed by atoms with van der Waals surface area (Å²) in [4.78, 5) is 11.8. The van der Waals surface area contributed by atoms with Gasteiger partial charge in [0.25, 0.3) is 0 Å².